The fraction of sp³-hybridized carbons (Fsp3) is 0.0909. The first-order chi connectivity index (χ1) is 14.0. The van der Waals surface area contributed by atoms with Crippen LogP contribution in [-0.4, -0.2) is 21.7 Å². The molecule has 1 amide bonds. The van der Waals surface area contributed by atoms with Crippen molar-refractivity contribution >= 4 is 29.1 Å². The fourth-order valence-electron chi connectivity index (χ4n) is 3.40. The van der Waals surface area contributed by atoms with E-state index >= 15 is 0 Å². The highest BCUT2D eigenvalue weighted by molar-refractivity contribution is 6.46. The number of benzene rings is 2. The van der Waals surface area contributed by atoms with Gasteiger partial charge in [-0.3, -0.25) is 9.59 Å². The number of Topliss-reactive ketones (excluding diaryl/α,β-unsaturated/α-hetero) is 1. The van der Waals surface area contributed by atoms with Crippen molar-refractivity contribution < 1.29 is 23.5 Å². The molecule has 0 radical (unpaired) electrons. The minimum absolute atomic E-state index is 0.00382. The second kappa shape index (κ2) is 7.56. The third-order valence-corrected chi connectivity index (χ3v) is 4.98. The lowest BCUT2D eigenvalue weighted by molar-refractivity contribution is -0.140. The van der Waals surface area contributed by atoms with Crippen molar-refractivity contribution in [3.63, 3.8) is 0 Å². The molecule has 0 saturated carbocycles. The van der Waals surface area contributed by atoms with Gasteiger partial charge >= 0.3 is 0 Å². The van der Waals surface area contributed by atoms with Crippen LogP contribution in [0.5, 0.6) is 0 Å². The average Bonchev–Trinajstić information content (AvgIpc) is 3.30. The van der Waals surface area contributed by atoms with Crippen LogP contribution in [0, 0.1) is 5.82 Å². The molecule has 7 heteroatoms. The van der Waals surface area contributed by atoms with Gasteiger partial charge in [-0.05, 0) is 54.1 Å². The summed E-state index contributed by atoms with van der Waals surface area (Å²) in [5.41, 5.74) is 0.576. The largest absolute Gasteiger partial charge is 0.507 e. The Labute approximate surface area is 170 Å². The van der Waals surface area contributed by atoms with Crippen LogP contribution in [-0.2, 0) is 16.1 Å². The third-order valence-electron chi connectivity index (χ3n) is 4.73. The van der Waals surface area contributed by atoms with E-state index in [1.807, 2.05) is 0 Å². The Morgan fingerprint density at radius 1 is 1.10 bits per heavy atom. The number of furan rings is 1. The Morgan fingerprint density at radius 3 is 2.52 bits per heavy atom. The van der Waals surface area contributed by atoms with Crippen molar-refractivity contribution in [1.82, 2.24) is 4.90 Å². The molecule has 4 rings (SSSR count). The molecule has 1 fully saturated rings. The molecule has 29 heavy (non-hydrogen) atoms. The van der Waals surface area contributed by atoms with Gasteiger partial charge < -0.3 is 14.4 Å². The molecular weight excluding hydrogens is 397 g/mol. The number of carbonyl (C=O) groups excluding carboxylic acids is 2. The molecule has 0 spiro atoms. The highest BCUT2D eigenvalue weighted by atomic mass is 35.5. The van der Waals surface area contributed by atoms with Crippen LogP contribution in [0.4, 0.5) is 4.39 Å². The van der Waals surface area contributed by atoms with Crippen molar-refractivity contribution in [3.8, 4) is 0 Å². The van der Waals surface area contributed by atoms with Gasteiger partial charge in [-0.2, -0.15) is 0 Å². The van der Waals surface area contributed by atoms with Gasteiger partial charge in [0, 0.05) is 10.6 Å². The van der Waals surface area contributed by atoms with E-state index in [-0.39, 0.29) is 17.9 Å². The second-order valence-electron chi connectivity index (χ2n) is 6.57. The van der Waals surface area contributed by atoms with E-state index in [0.29, 0.717) is 21.9 Å². The maximum absolute atomic E-state index is 13.9. The van der Waals surface area contributed by atoms with E-state index in [1.165, 1.54) is 29.4 Å². The molecule has 1 aromatic heterocycles. The quantitative estimate of drug-likeness (QED) is 0.384. The first kappa shape index (κ1) is 19.0. The molecule has 2 heterocycles. The summed E-state index contributed by atoms with van der Waals surface area (Å²) >= 11 is 5.89. The first-order valence-corrected chi connectivity index (χ1v) is 9.15. The molecule has 0 aliphatic carbocycles. The fourth-order valence-corrected chi connectivity index (χ4v) is 3.53. The van der Waals surface area contributed by atoms with Gasteiger partial charge in [0.15, 0.2) is 0 Å². The molecule has 1 aliphatic heterocycles. The zero-order valence-corrected chi connectivity index (χ0v) is 15.8. The number of ketones is 1. The van der Waals surface area contributed by atoms with Crippen LogP contribution in [0.1, 0.15) is 22.9 Å². The van der Waals surface area contributed by atoms with Crippen LogP contribution in [0.15, 0.2) is 76.9 Å². The molecule has 1 saturated heterocycles. The standard InChI is InChI=1S/C22H15ClFNO4/c23-15-8-6-13(7-9-15)20(26)18-19(14-3-1-4-16(24)11-14)25(22(28)21(18)27)12-17-5-2-10-29-17/h1-11,19,26H,12H2. The summed E-state index contributed by atoms with van der Waals surface area (Å²) in [5.74, 6) is -2.06. The summed E-state index contributed by atoms with van der Waals surface area (Å²) in [6, 6.07) is 14.2. The zero-order valence-electron chi connectivity index (χ0n) is 15.0. The van der Waals surface area contributed by atoms with Crippen molar-refractivity contribution in [3.05, 3.63) is 100 Å². The van der Waals surface area contributed by atoms with Crippen LogP contribution in [0.25, 0.3) is 5.76 Å². The van der Waals surface area contributed by atoms with Crippen molar-refractivity contribution in [2.24, 2.45) is 0 Å². The maximum atomic E-state index is 13.9. The SMILES string of the molecule is O=C1C(=O)N(Cc2ccco2)C(c2cccc(F)c2)C1=C(O)c1ccc(Cl)cc1. The monoisotopic (exact) mass is 411 g/mol. The Kier molecular flexibility index (Phi) is 4.94. The van der Waals surface area contributed by atoms with Crippen LogP contribution in [0.3, 0.4) is 0 Å². The van der Waals surface area contributed by atoms with E-state index in [2.05, 4.69) is 0 Å². The van der Waals surface area contributed by atoms with Crippen molar-refractivity contribution in [2.45, 2.75) is 12.6 Å². The summed E-state index contributed by atoms with van der Waals surface area (Å²) in [6.45, 7) is -0.00382. The van der Waals surface area contributed by atoms with Gasteiger partial charge in [-0.25, -0.2) is 4.39 Å². The van der Waals surface area contributed by atoms with Gasteiger partial charge in [0.25, 0.3) is 11.7 Å². The zero-order chi connectivity index (χ0) is 20.5. The highest BCUT2D eigenvalue weighted by Crippen LogP contribution is 2.40. The smallest absolute Gasteiger partial charge is 0.296 e. The lowest BCUT2D eigenvalue weighted by Crippen LogP contribution is -2.29. The predicted octanol–water partition coefficient (Wildman–Crippen LogP) is 4.69. The predicted molar refractivity (Wildman–Crippen MR) is 104 cm³/mol. The average molecular weight is 412 g/mol. The minimum Gasteiger partial charge on any atom is -0.507 e. The molecular formula is C22H15ClFNO4. The Morgan fingerprint density at radius 2 is 1.86 bits per heavy atom. The van der Waals surface area contributed by atoms with E-state index in [1.54, 1.807) is 42.5 Å². The number of nitrogens with zero attached hydrogens (tertiary/aromatic N) is 1. The topological polar surface area (TPSA) is 70.8 Å². The molecule has 1 N–H and O–H groups in total. The summed E-state index contributed by atoms with van der Waals surface area (Å²) < 4.78 is 19.2. The Bertz CT molecular complexity index is 1110. The molecule has 2 aromatic carbocycles. The molecule has 5 nitrogen and oxygen atoms in total. The highest BCUT2D eigenvalue weighted by Gasteiger charge is 2.46. The third kappa shape index (κ3) is 3.54. The van der Waals surface area contributed by atoms with Gasteiger partial charge in [-0.1, -0.05) is 23.7 Å². The van der Waals surface area contributed by atoms with Gasteiger partial charge in [-0.15, -0.1) is 0 Å². The molecule has 1 atom stereocenters. The number of likely N-dealkylation sites (tertiary alicyclic amines) is 1. The first-order valence-electron chi connectivity index (χ1n) is 8.78. The number of aliphatic hydroxyl groups is 1. The lowest BCUT2D eigenvalue weighted by Gasteiger charge is -2.24. The summed E-state index contributed by atoms with van der Waals surface area (Å²) in [5, 5.41) is 11.3. The molecule has 1 aliphatic rings. The number of hydrogen-bond donors (Lipinski definition) is 1. The van der Waals surface area contributed by atoms with E-state index in [9.17, 15) is 19.1 Å². The summed E-state index contributed by atoms with van der Waals surface area (Å²) in [6.07, 6.45) is 1.46. The van der Waals surface area contributed by atoms with E-state index in [0.717, 1.165) is 0 Å². The number of hydrogen-bond acceptors (Lipinski definition) is 4. The normalized spacial score (nSPS) is 18.4. The number of rotatable bonds is 4. The molecule has 1 unspecified atom stereocenters. The van der Waals surface area contributed by atoms with Crippen molar-refractivity contribution in [2.75, 3.05) is 0 Å². The Balaban J connectivity index is 1.87. The second-order valence-corrected chi connectivity index (χ2v) is 7.00. The van der Waals surface area contributed by atoms with Gasteiger partial charge in [0.2, 0.25) is 0 Å². The molecule has 3 aromatic rings. The Hall–Kier alpha value is -3.38. The van der Waals surface area contributed by atoms with E-state index in [4.69, 9.17) is 16.0 Å². The summed E-state index contributed by atoms with van der Waals surface area (Å²) in [4.78, 5) is 26.9. The maximum Gasteiger partial charge on any atom is 0.296 e. The number of carbonyl (C=O) groups is 2. The van der Waals surface area contributed by atoms with E-state index < -0.39 is 23.5 Å². The van der Waals surface area contributed by atoms with Crippen LogP contribution >= 0.6 is 11.6 Å². The van der Waals surface area contributed by atoms with Crippen LogP contribution < -0.4 is 0 Å². The van der Waals surface area contributed by atoms with Crippen molar-refractivity contribution in [1.29, 1.82) is 0 Å². The number of aliphatic hydroxyl groups excluding tert-OH is 1. The molecule has 0 bridgehead atoms. The van der Waals surface area contributed by atoms with Gasteiger partial charge in [0.1, 0.15) is 17.3 Å². The number of halogens is 2. The minimum atomic E-state index is -0.966. The number of amides is 1. The van der Waals surface area contributed by atoms with Crippen LogP contribution in [0.2, 0.25) is 5.02 Å². The summed E-state index contributed by atoms with van der Waals surface area (Å²) in [7, 11) is 0. The molecule has 146 valence electrons. The van der Waals surface area contributed by atoms with Gasteiger partial charge in [0.05, 0.1) is 24.4 Å². The lowest BCUT2D eigenvalue weighted by atomic mass is 9.95.